The summed E-state index contributed by atoms with van der Waals surface area (Å²) in [7, 11) is -2.83. The molecule has 2 unspecified atom stereocenters. The van der Waals surface area contributed by atoms with E-state index in [1.807, 2.05) is 0 Å². The van der Waals surface area contributed by atoms with Gasteiger partial charge in [0.1, 0.15) is 0 Å². The second-order valence-corrected chi connectivity index (χ2v) is 6.36. The van der Waals surface area contributed by atoms with Gasteiger partial charge in [-0.05, 0) is 19.3 Å². The Morgan fingerprint density at radius 2 is 2.33 bits per heavy atom. The molecule has 86 valence electrons. The van der Waals surface area contributed by atoms with Gasteiger partial charge in [-0.2, -0.15) is 0 Å². The molecule has 1 rings (SSSR count). The van der Waals surface area contributed by atoms with Crippen molar-refractivity contribution in [1.82, 2.24) is 5.32 Å². The van der Waals surface area contributed by atoms with Gasteiger partial charge >= 0.3 is 0 Å². The summed E-state index contributed by atoms with van der Waals surface area (Å²) in [5.41, 5.74) is 0. The third-order valence-electron chi connectivity index (χ3n) is 2.68. The molecule has 3 nitrogen and oxygen atoms in total. The standard InChI is InChI=1S/C11H19NO2S/c1-3-6-10(4-2)12-11-7-5-8-15(13,14)9-11/h2,10-12H,3,5-9H2,1H3. The molecule has 1 fully saturated rings. The molecule has 1 aliphatic rings. The van der Waals surface area contributed by atoms with Crippen LogP contribution in [0.15, 0.2) is 0 Å². The van der Waals surface area contributed by atoms with Gasteiger partial charge in [0.05, 0.1) is 17.5 Å². The van der Waals surface area contributed by atoms with Gasteiger partial charge in [0.15, 0.2) is 9.84 Å². The predicted octanol–water partition coefficient (Wildman–Crippen LogP) is 0.955. The minimum Gasteiger partial charge on any atom is -0.300 e. The number of hydrogen-bond acceptors (Lipinski definition) is 3. The van der Waals surface area contributed by atoms with Crippen LogP contribution in [0.25, 0.3) is 0 Å². The number of sulfone groups is 1. The van der Waals surface area contributed by atoms with E-state index in [1.54, 1.807) is 0 Å². The number of hydrogen-bond donors (Lipinski definition) is 1. The maximum atomic E-state index is 11.4. The molecule has 0 aromatic rings. The maximum absolute atomic E-state index is 11.4. The summed E-state index contributed by atoms with van der Waals surface area (Å²) in [6.07, 6.45) is 8.98. The minimum atomic E-state index is -2.83. The lowest BCUT2D eigenvalue weighted by atomic mass is 10.1. The number of nitrogens with one attached hydrogen (secondary N) is 1. The van der Waals surface area contributed by atoms with Crippen molar-refractivity contribution in [2.45, 2.75) is 44.7 Å². The van der Waals surface area contributed by atoms with E-state index >= 15 is 0 Å². The highest BCUT2D eigenvalue weighted by molar-refractivity contribution is 7.91. The Balaban J connectivity index is 2.48. The van der Waals surface area contributed by atoms with Crippen LogP contribution in [0.1, 0.15) is 32.6 Å². The van der Waals surface area contributed by atoms with Gasteiger partial charge in [0.25, 0.3) is 0 Å². The highest BCUT2D eigenvalue weighted by Gasteiger charge is 2.25. The molecule has 0 spiro atoms. The largest absolute Gasteiger partial charge is 0.300 e. The molecule has 1 N–H and O–H groups in total. The van der Waals surface area contributed by atoms with Crippen LogP contribution in [0.5, 0.6) is 0 Å². The molecule has 4 heteroatoms. The van der Waals surface area contributed by atoms with Crippen molar-refractivity contribution in [3.8, 4) is 12.3 Å². The number of terminal acetylenes is 1. The van der Waals surface area contributed by atoms with Crippen molar-refractivity contribution in [1.29, 1.82) is 0 Å². The summed E-state index contributed by atoms with van der Waals surface area (Å²) in [6, 6.07) is 0.0737. The van der Waals surface area contributed by atoms with Crippen LogP contribution >= 0.6 is 0 Å². The highest BCUT2D eigenvalue weighted by Crippen LogP contribution is 2.13. The Bertz CT molecular complexity index is 329. The zero-order valence-corrected chi connectivity index (χ0v) is 10.0. The quantitative estimate of drug-likeness (QED) is 0.730. The van der Waals surface area contributed by atoms with E-state index in [9.17, 15) is 8.42 Å². The van der Waals surface area contributed by atoms with Gasteiger partial charge in [-0.1, -0.05) is 19.3 Å². The molecule has 0 radical (unpaired) electrons. The lowest BCUT2D eigenvalue weighted by Gasteiger charge is -2.25. The van der Waals surface area contributed by atoms with Crippen LogP contribution < -0.4 is 5.32 Å². The maximum Gasteiger partial charge on any atom is 0.151 e. The zero-order chi connectivity index (χ0) is 11.3. The van der Waals surface area contributed by atoms with Gasteiger partial charge < -0.3 is 0 Å². The fourth-order valence-corrected chi connectivity index (χ4v) is 3.59. The first-order valence-corrected chi connectivity index (χ1v) is 7.32. The van der Waals surface area contributed by atoms with Crippen molar-refractivity contribution >= 4 is 9.84 Å². The van der Waals surface area contributed by atoms with E-state index in [2.05, 4.69) is 18.2 Å². The average molecular weight is 229 g/mol. The van der Waals surface area contributed by atoms with E-state index in [0.717, 1.165) is 25.7 Å². The fourth-order valence-electron chi connectivity index (χ4n) is 1.94. The minimum absolute atomic E-state index is 0.0216. The van der Waals surface area contributed by atoms with E-state index in [-0.39, 0.29) is 17.8 Å². The van der Waals surface area contributed by atoms with E-state index in [0.29, 0.717) is 5.75 Å². The second-order valence-electron chi connectivity index (χ2n) is 4.13. The molecule has 0 bridgehead atoms. The Kier molecular flexibility index (Phi) is 4.62. The Hall–Kier alpha value is -0.530. The highest BCUT2D eigenvalue weighted by atomic mass is 32.2. The molecule has 1 aliphatic heterocycles. The summed E-state index contributed by atoms with van der Waals surface area (Å²) in [4.78, 5) is 0. The first-order valence-electron chi connectivity index (χ1n) is 5.50. The van der Waals surface area contributed by atoms with Crippen LogP contribution in [0, 0.1) is 12.3 Å². The monoisotopic (exact) mass is 229 g/mol. The fraction of sp³-hybridized carbons (Fsp3) is 0.818. The van der Waals surface area contributed by atoms with Crippen LogP contribution in [0.2, 0.25) is 0 Å². The summed E-state index contributed by atoms with van der Waals surface area (Å²) >= 11 is 0. The van der Waals surface area contributed by atoms with Crippen molar-refractivity contribution in [2.75, 3.05) is 11.5 Å². The van der Waals surface area contributed by atoms with Crippen molar-refractivity contribution in [3.05, 3.63) is 0 Å². The van der Waals surface area contributed by atoms with Crippen molar-refractivity contribution in [3.63, 3.8) is 0 Å². The van der Waals surface area contributed by atoms with Crippen molar-refractivity contribution in [2.24, 2.45) is 0 Å². The molecule has 0 amide bonds. The third-order valence-corrected chi connectivity index (χ3v) is 4.50. The summed E-state index contributed by atoms with van der Waals surface area (Å²) < 4.78 is 22.8. The number of rotatable bonds is 4. The Morgan fingerprint density at radius 3 is 2.87 bits per heavy atom. The van der Waals surface area contributed by atoms with E-state index < -0.39 is 9.84 Å². The molecular formula is C11H19NO2S. The van der Waals surface area contributed by atoms with Gasteiger partial charge in [-0.25, -0.2) is 8.42 Å². The summed E-state index contributed by atoms with van der Waals surface area (Å²) in [6.45, 7) is 2.07. The molecule has 15 heavy (non-hydrogen) atoms. The first-order chi connectivity index (χ1) is 7.07. The Labute approximate surface area is 92.6 Å². The molecule has 0 aliphatic carbocycles. The SMILES string of the molecule is C#CC(CCC)NC1CCCS(=O)(=O)C1. The second kappa shape index (κ2) is 5.53. The predicted molar refractivity (Wildman–Crippen MR) is 62.3 cm³/mol. The summed E-state index contributed by atoms with van der Waals surface area (Å²) in [5, 5.41) is 3.25. The lowest BCUT2D eigenvalue weighted by molar-refractivity contribution is 0.441. The van der Waals surface area contributed by atoms with E-state index in [4.69, 9.17) is 6.42 Å². The molecule has 2 atom stereocenters. The van der Waals surface area contributed by atoms with Gasteiger partial charge in [-0.3, -0.25) is 5.32 Å². The lowest BCUT2D eigenvalue weighted by Crippen LogP contribution is -2.44. The molecule has 1 heterocycles. The van der Waals surface area contributed by atoms with Crippen LogP contribution in [0.3, 0.4) is 0 Å². The first kappa shape index (κ1) is 12.5. The van der Waals surface area contributed by atoms with Gasteiger partial charge in [-0.15, -0.1) is 6.42 Å². The molecule has 0 aromatic heterocycles. The molecule has 0 aromatic carbocycles. The summed E-state index contributed by atoms with van der Waals surface area (Å²) in [5.74, 6) is 3.25. The van der Waals surface area contributed by atoms with Crippen LogP contribution in [-0.4, -0.2) is 32.0 Å². The van der Waals surface area contributed by atoms with Crippen LogP contribution in [0.4, 0.5) is 0 Å². The van der Waals surface area contributed by atoms with Crippen molar-refractivity contribution < 1.29 is 8.42 Å². The van der Waals surface area contributed by atoms with Crippen LogP contribution in [-0.2, 0) is 9.84 Å². The topological polar surface area (TPSA) is 46.2 Å². The smallest absolute Gasteiger partial charge is 0.151 e. The molecule has 1 saturated heterocycles. The molecular weight excluding hydrogens is 210 g/mol. The zero-order valence-electron chi connectivity index (χ0n) is 9.20. The van der Waals surface area contributed by atoms with Gasteiger partial charge in [0, 0.05) is 6.04 Å². The normalized spacial score (nSPS) is 26.8. The Morgan fingerprint density at radius 1 is 1.60 bits per heavy atom. The molecule has 0 saturated carbocycles. The average Bonchev–Trinajstić information content (AvgIpc) is 2.15. The third kappa shape index (κ3) is 4.23. The van der Waals surface area contributed by atoms with E-state index in [1.165, 1.54) is 0 Å². The van der Waals surface area contributed by atoms with Gasteiger partial charge in [0.2, 0.25) is 0 Å².